The minimum atomic E-state index is -0.603. The van der Waals surface area contributed by atoms with Crippen molar-refractivity contribution in [2.45, 2.75) is 11.5 Å². The molecule has 0 amide bonds. The summed E-state index contributed by atoms with van der Waals surface area (Å²) < 4.78 is 2.45. The van der Waals surface area contributed by atoms with Gasteiger partial charge in [0.1, 0.15) is 13.2 Å². The minimum Gasteiger partial charge on any atom is -0.368 e. The lowest BCUT2D eigenvalue weighted by Crippen LogP contribution is -2.48. The minimum absolute atomic E-state index is 0.150. The zero-order valence-electron chi connectivity index (χ0n) is 25.4. The second kappa shape index (κ2) is 15.2. The number of carbonyl (C=O) groups is 1. The quantitative estimate of drug-likeness (QED) is 0.122. The number of hydrogen-bond donors (Lipinski definition) is 0. The van der Waals surface area contributed by atoms with E-state index in [4.69, 9.17) is 36.0 Å². The number of ketones is 1. The smallest absolute Gasteiger partial charge is 0.208 e. The highest BCUT2D eigenvalue weighted by molar-refractivity contribution is 8.37. The first-order valence-corrected chi connectivity index (χ1v) is 18.1. The number of carbonyl (C=O) groups excluding carboxylic acids is 1. The van der Waals surface area contributed by atoms with Crippen molar-refractivity contribution >= 4 is 85.4 Å². The summed E-state index contributed by atoms with van der Waals surface area (Å²) in [6.07, 6.45) is 0. The summed E-state index contributed by atoms with van der Waals surface area (Å²) in [4.78, 5) is 23.3. The van der Waals surface area contributed by atoms with Crippen LogP contribution in [0.2, 0.25) is 5.02 Å². The number of benzene rings is 3. The van der Waals surface area contributed by atoms with E-state index in [-0.39, 0.29) is 5.78 Å². The molecule has 3 heterocycles. The van der Waals surface area contributed by atoms with Crippen LogP contribution in [0.1, 0.15) is 16.2 Å². The molecule has 0 saturated carbocycles. The summed E-state index contributed by atoms with van der Waals surface area (Å²) in [6.45, 7) is 8.41. The number of piperazine rings is 2. The number of halogens is 1. The molecule has 2 aliphatic heterocycles. The Labute approximate surface area is 294 Å². The lowest BCUT2D eigenvalue weighted by Gasteiger charge is -2.38. The highest BCUT2D eigenvalue weighted by Gasteiger charge is 2.33. The third-order valence-corrected chi connectivity index (χ3v) is 11.8. The van der Waals surface area contributed by atoms with E-state index in [9.17, 15) is 4.79 Å². The van der Waals surface area contributed by atoms with Crippen LogP contribution in [0.25, 0.3) is 5.69 Å². The standard InChI is InChI=1S/C33H34ClN7OS4/c1-24-29(35-36-41(24)28-14-12-25(34)13-15-28)30(42)31(45-32(43)39-20-16-37(17-21-39)26-8-4-2-5-9-26)46-33(44)40-22-18-38(19-23-40)27-10-6-3-7-11-27/h2-15,31H,16-23H2,1H3. The van der Waals surface area contributed by atoms with Crippen molar-refractivity contribution in [3.63, 3.8) is 0 Å². The van der Waals surface area contributed by atoms with Gasteiger partial charge in [0.2, 0.25) is 5.78 Å². The first-order valence-electron chi connectivity index (χ1n) is 15.1. The van der Waals surface area contributed by atoms with Gasteiger partial charge in [-0.05, 0) is 55.5 Å². The predicted molar refractivity (Wildman–Crippen MR) is 200 cm³/mol. The van der Waals surface area contributed by atoms with Gasteiger partial charge in [0.05, 0.1) is 11.4 Å². The Morgan fingerprint density at radius 2 is 1.15 bits per heavy atom. The predicted octanol–water partition coefficient (Wildman–Crippen LogP) is 6.42. The summed E-state index contributed by atoms with van der Waals surface area (Å²) in [5, 5.41) is 9.28. The number of thiocarbonyl (C=S) groups is 2. The fraction of sp³-hybridized carbons (Fsp3) is 0.303. The average molecular weight is 708 g/mol. The Morgan fingerprint density at radius 1 is 0.696 bits per heavy atom. The molecule has 0 N–H and O–H groups in total. The van der Waals surface area contributed by atoms with Gasteiger partial charge in [0, 0.05) is 68.8 Å². The Balaban J connectivity index is 1.16. The molecular formula is C33H34ClN7OS4. The molecule has 0 atom stereocenters. The van der Waals surface area contributed by atoms with E-state index in [1.54, 1.807) is 16.8 Å². The largest absolute Gasteiger partial charge is 0.368 e. The van der Waals surface area contributed by atoms with Crippen LogP contribution in [0.5, 0.6) is 0 Å². The number of Topliss-reactive ketones (excluding diaryl/α,β-unsaturated/α-hetero) is 1. The molecule has 238 valence electrons. The average Bonchev–Trinajstić information content (AvgIpc) is 3.49. The topological polar surface area (TPSA) is 60.7 Å². The van der Waals surface area contributed by atoms with Crippen LogP contribution in [-0.2, 0) is 0 Å². The van der Waals surface area contributed by atoms with Crippen molar-refractivity contribution in [1.29, 1.82) is 0 Å². The monoisotopic (exact) mass is 707 g/mol. The number of anilines is 2. The number of aromatic nitrogens is 3. The van der Waals surface area contributed by atoms with Crippen molar-refractivity contribution < 1.29 is 4.79 Å². The molecule has 0 unspecified atom stereocenters. The van der Waals surface area contributed by atoms with E-state index in [0.29, 0.717) is 25.1 Å². The number of rotatable bonds is 7. The summed E-state index contributed by atoms with van der Waals surface area (Å²) in [7, 11) is 0. The lowest BCUT2D eigenvalue weighted by atomic mass is 10.2. The fourth-order valence-corrected chi connectivity index (χ4v) is 9.17. The Hall–Kier alpha value is -3.16. The number of hydrogen-bond acceptors (Lipinski definition) is 9. The number of nitrogens with zero attached hydrogens (tertiary/aromatic N) is 7. The molecule has 6 rings (SSSR count). The van der Waals surface area contributed by atoms with Crippen molar-refractivity contribution in [3.05, 3.63) is 101 Å². The molecular weight excluding hydrogens is 674 g/mol. The summed E-state index contributed by atoms with van der Waals surface area (Å²) >= 11 is 20.8. The van der Waals surface area contributed by atoms with E-state index in [0.717, 1.165) is 58.0 Å². The molecule has 2 saturated heterocycles. The Kier molecular flexibility index (Phi) is 10.8. The van der Waals surface area contributed by atoms with E-state index in [1.807, 2.05) is 31.2 Å². The third kappa shape index (κ3) is 7.69. The van der Waals surface area contributed by atoms with Gasteiger partial charge in [-0.3, -0.25) is 4.79 Å². The van der Waals surface area contributed by atoms with E-state index in [2.05, 4.69) is 78.4 Å². The normalized spacial score (nSPS) is 15.4. The van der Waals surface area contributed by atoms with Crippen LogP contribution in [0.15, 0.2) is 84.9 Å². The molecule has 0 radical (unpaired) electrons. The van der Waals surface area contributed by atoms with E-state index in [1.165, 1.54) is 34.9 Å². The first-order chi connectivity index (χ1) is 22.4. The molecule has 3 aromatic carbocycles. The third-order valence-electron chi connectivity index (χ3n) is 8.15. The SMILES string of the molecule is Cc1c(C(=O)C(SC(=S)N2CCN(c3ccccc3)CC2)SC(=S)N2CCN(c3ccccc3)CC2)nnn1-c1ccc(Cl)cc1. The van der Waals surface area contributed by atoms with Crippen LogP contribution in [0.4, 0.5) is 11.4 Å². The van der Waals surface area contributed by atoms with Crippen LogP contribution < -0.4 is 9.80 Å². The molecule has 0 spiro atoms. The molecule has 2 fully saturated rings. The van der Waals surface area contributed by atoms with Crippen LogP contribution in [0, 0.1) is 6.92 Å². The molecule has 4 aromatic rings. The zero-order valence-corrected chi connectivity index (χ0v) is 29.4. The van der Waals surface area contributed by atoms with Crippen molar-refractivity contribution in [2.24, 2.45) is 0 Å². The van der Waals surface area contributed by atoms with E-state index >= 15 is 0 Å². The zero-order chi connectivity index (χ0) is 32.0. The first kappa shape index (κ1) is 32.8. The highest BCUT2D eigenvalue weighted by atomic mass is 35.5. The second-order valence-corrected chi connectivity index (χ2v) is 15.2. The Morgan fingerprint density at radius 3 is 1.61 bits per heavy atom. The Bertz CT molecular complexity index is 1580. The summed E-state index contributed by atoms with van der Waals surface area (Å²) in [6, 6.07) is 28.1. The van der Waals surface area contributed by atoms with Gasteiger partial charge < -0.3 is 19.6 Å². The lowest BCUT2D eigenvalue weighted by molar-refractivity contribution is 0.100. The number of para-hydroxylation sites is 2. The van der Waals surface area contributed by atoms with Gasteiger partial charge in [-0.25, -0.2) is 4.68 Å². The second-order valence-electron chi connectivity index (χ2n) is 11.0. The summed E-state index contributed by atoms with van der Waals surface area (Å²) in [5.41, 5.74) is 4.17. The highest BCUT2D eigenvalue weighted by Crippen LogP contribution is 2.33. The maximum atomic E-state index is 14.2. The van der Waals surface area contributed by atoms with Crippen molar-refractivity contribution in [1.82, 2.24) is 24.8 Å². The van der Waals surface area contributed by atoms with Crippen molar-refractivity contribution in [2.75, 3.05) is 62.2 Å². The molecule has 2 aliphatic rings. The maximum Gasteiger partial charge on any atom is 0.208 e. The van der Waals surface area contributed by atoms with Crippen LogP contribution >= 0.6 is 59.6 Å². The molecule has 46 heavy (non-hydrogen) atoms. The molecule has 8 nitrogen and oxygen atoms in total. The van der Waals surface area contributed by atoms with Gasteiger partial charge >= 0.3 is 0 Å². The van der Waals surface area contributed by atoms with Gasteiger partial charge in [-0.1, -0.05) is 101 Å². The molecule has 0 aliphatic carbocycles. The number of thioether (sulfide) groups is 2. The van der Waals surface area contributed by atoms with Crippen LogP contribution in [0.3, 0.4) is 0 Å². The van der Waals surface area contributed by atoms with Gasteiger partial charge in [0.25, 0.3) is 0 Å². The molecule has 0 bridgehead atoms. The van der Waals surface area contributed by atoms with Gasteiger partial charge in [0.15, 0.2) is 5.69 Å². The van der Waals surface area contributed by atoms with Crippen molar-refractivity contribution in [3.8, 4) is 5.69 Å². The van der Waals surface area contributed by atoms with Crippen LogP contribution in [-0.4, -0.2) is 96.2 Å². The van der Waals surface area contributed by atoms with E-state index < -0.39 is 4.58 Å². The molecule has 13 heteroatoms. The molecule has 1 aromatic heterocycles. The summed E-state index contributed by atoms with van der Waals surface area (Å²) in [5.74, 6) is -0.150. The maximum absolute atomic E-state index is 14.2. The van der Waals surface area contributed by atoms with Gasteiger partial charge in [-0.15, -0.1) is 5.10 Å². The fourth-order valence-electron chi connectivity index (χ4n) is 5.53. The van der Waals surface area contributed by atoms with Gasteiger partial charge in [-0.2, -0.15) is 0 Å².